The number of carbonyl (C=O) groups excluding carboxylic acids is 1. The van der Waals surface area contributed by atoms with Gasteiger partial charge in [-0.05, 0) is 32.0 Å². The molecule has 0 fully saturated rings. The predicted molar refractivity (Wildman–Crippen MR) is 96.8 cm³/mol. The van der Waals surface area contributed by atoms with Crippen LogP contribution in [0, 0.1) is 13.8 Å². The number of anilines is 1. The second-order valence-electron chi connectivity index (χ2n) is 5.89. The number of nitrogens with one attached hydrogen (secondary N) is 2. The number of nitrogens with zero attached hydrogens (tertiary/aromatic N) is 4. The first kappa shape index (κ1) is 20.2. The number of H-pyrrole nitrogens is 1. The van der Waals surface area contributed by atoms with Crippen LogP contribution in [0.25, 0.3) is 5.69 Å². The molecule has 0 bridgehead atoms. The van der Waals surface area contributed by atoms with E-state index >= 15 is 0 Å². The van der Waals surface area contributed by atoms with Gasteiger partial charge in [0.05, 0.1) is 27.8 Å². The molecule has 1 aromatic carbocycles. The Balaban J connectivity index is 1.79. The molecule has 0 aliphatic rings. The van der Waals surface area contributed by atoms with Crippen LogP contribution in [0.3, 0.4) is 0 Å². The highest BCUT2D eigenvalue weighted by Crippen LogP contribution is 2.27. The van der Waals surface area contributed by atoms with Crippen molar-refractivity contribution in [3.05, 3.63) is 51.0 Å². The average molecular weight is 433 g/mol. The third kappa shape index (κ3) is 4.12. The molecule has 0 saturated carbocycles. The number of rotatable bonds is 4. The van der Waals surface area contributed by atoms with Crippen molar-refractivity contribution in [3.8, 4) is 5.69 Å². The van der Waals surface area contributed by atoms with Crippen LogP contribution in [-0.2, 0) is 17.4 Å². The fourth-order valence-electron chi connectivity index (χ4n) is 2.57. The van der Waals surface area contributed by atoms with E-state index in [4.69, 9.17) is 23.2 Å². The first-order chi connectivity index (χ1) is 13.1. The number of benzene rings is 1. The Bertz CT molecular complexity index is 1040. The number of carbonyl (C=O) groups is 1. The quantitative estimate of drug-likeness (QED) is 0.648. The third-order valence-corrected chi connectivity index (χ3v) is 4.67. The minimum atomic E-state index is -4.68. The zero-order valence-electron chi connectivity index (χ0n) is 14.5. The topological polar surface area (TPSA) is 88.5 Å². The fourth-order valence-corrected chi connectivity index (χ4v) is 2.87. The lowest BCUT2D eigenvalue weighted by molar-refractivity contribution is -0.144. The minimum absolute atomic E-state index is 0.116. The van der Waals surface area contributed by atoms with E-state index in [1.807, 2.05) is 0 Å². The van der Waals surface area contributed by atoms with Gasteiger partial charge in [-0.3, -0.25) is 15.2 Å². The number of aryl methyl sites for hydroxylation is 1. The van der Waals surface area contributed by atoms with Gasteiger partial charge in [0.15, 0.2) is 0 Å². The molecule has 1 amide bonds. The summed E-state index contributed by atoms with van der Waals surface area (Å²) in [4.78, 5) is 15.4. The minimum Gasteiger partial charge on any atom is -0.293 e. The first-order valence-corrected chi connectivity index (χ1v) is 8.62. The molecule has 148 valence electrons. The highest BCUT2D eigenvalue weighted by molar-refractivity contribution is 6.42. The molecular weight excluding hydrogens is 420 g/mol. The Hall–Kier alpha value is -2.59. The predicted octanol–water partition coefficient (Wildman–Crippen LogP) is 4.11. The van der Waals surface area contributed by atoms with E-state index in [0.717, 1.165) is 0 Å². The fraction of sp³-hybridized carbons (Fsp3) is 0.250. The van der Waals surface area contributed by atoms with Crippen molar-refractivity contribution >= 4 is 35.1 Å². The largest absolute Gasteiger partial charge is 0.451 e. The summed E-state index contributed by atoms with van der Waals surface area (Å²) in [6, 6.07) is 4.99. The zero-order chi connectivity index (χ0) is 20.6. The standard InChI is InChI=1S/C16H13Cl2F3N6O/c1-7-10(6-13(28)22-15-23-14(24-25-15)16(19,20)21)8(2)27(26-7)9-3-4-11(17)12(18)5-9/h3-5H,6H2,1-2H3,(H2,22,23,24,25,28). The van der Waals surface area contributed by atoms with Crippen molar-refractivity contribution in [1.29, 1.82) is 0 Å². The van der Waals surface area contributed by atoms with Crippen LogP contribution in [0.1, 0.15) is 22.8 Å². The van der Waals surface area contributed by atoms with Gasteiger partial charge in [-0.1, -0.05) is 23.2 Å². The highest BCUT2D eigenvalue weighted by atomic mass is 35.5. The van der Waals surface area contributed by atoms with Crippen molar-refractivity contribution in [3.63, 3.8) is 0 Å². The molecule has 7 nitrogen and oxygen atoms in total. The second-order valence-corrected chi connectivity index (χ2v) is 6.70. The molecule has 3 aromatic rings. The molecule has 0 aliphatic carbocycles. The molecule has 0 atom stereocenters. The summed E-state index contributed by atoms with van der Waals surface area (Å²) in [5, 5.41) is 12.5. The lowest BCUT2D eigenvalue weighted by Crippen LogP contribution is -2.16. The van der Waals surface area contributed by atoms with E-state index in [1.54, 1.807) is 41.8 Å². The van der Waals surface area contributed by atoms with Gasteiger partial charge in [0, 0.05) is 11.3 Å². The van der Waals surface area contributed by atoms with Crippen LogP contribution >= 0.6 is 23.2 Å². The summed E-state index contributed by atoms with van der Waals surface area (Å²) in [6.45, 7) is 3.48. The Kier molecular flexibility index (Phi) is 5.35. The number of hydrogen-bond donors (Lipinski definition) is 2. The van der Waals surface area contributed by atoms with Gasteiger partial charge in [0.1, 0.15) is 0 Å². The smallest absolute Gasteiger partial charge is 0.293 e. The number of amides is 1. The van der Waals surface area contributed by atoms with Gasteiger partial charge >= 0.3 is 6.18 Å². The van der Waals surface area contributed by atoms with E-state index in [-0.39, 0.29) is 6.42 Å². The van der Waals surface area contributed by atoms with Gasteiger partial charge in [-0.25, -0.2) is 4.68 Å². The van der Waals surface area contributed by atoms with Crippen molar-refractivity contribution in [2.24, 2.45) is 0 Å². The van der Waals surface area contributed by atoms with Crippen molar-refractivity contribution < 1.29 is 18.0 Å². The van der Waals surface area contributed by atoms with E-state index < -0.39 is 23.9 Å². The maximum atomic E-state index is 12.5. The Morgan fingerprint density at radius 1 is 1.25 bits per heavy atom. The molecule has 0 aliphatic heterocycles. The van der Waals surface area contributed by atoms with Crippen LogP contribution in [0.15, 0.2) is 18.2 Å². The monoisotopic (exact) mass is 432 g/mol. The summed E-state index contributed by atoms with van der Waals surface area (Å²) in [5.41, 5.74) is 2.54. The van der Waals surface area contributed by atoms with Crippen molar-refractivity contribution in [1.82, 2.24) is 25.0 Å². The summed E-state index contributed by atoms with van der Waals surface area (Å²) in [7, 11) is 0. The molecule has 0 radical (unpaired) electrons. The van der Waals surface area contributed by atoms with E-state index in [1.165, 1.54) is 0 Å². The van der Waals surface area contributed by atoms with Crippen LogP contribution in [0.5, 0.6) is 0 Å². The number of aromatic amines is 1. The molecule has 0 saturated heterocycles. The molecule has 2 heterocycles. The summed E-state index contributed by atoms with van der Waals surface area (Å²) in [6.07, 6.45) is -4.79. The molecule has 3 rings (SSSR count). The van der Waals surface area contributed by atoms with Crippen LogP contribution < -0.4 is 5.32 Å². The molecular formula is C16H13Cl2F3N6O. The molecule has 2 aromatic heterocycles. The zero-order valence-corrected chi connectivity index (χ0v) is 16.0. The van der Waals surface area contributed by atoms with E-state index in [9.17, 15) is 18.0 Å². The second kappa shape index (κ2) is 7.44. The number of halogens is 5. The summed E-state index contributed by atoms with van der Waals surface area (Å²) >= 11 is 12.0. The number of hydrogen-bond acceptors (Lipinski definition) is 4. The molecule has 2 N–H and O–H groups in total. The highest BCUT2D eigenvalue weighted by Gasteiger charge is 2.35. The van der Waals surface area contributed by atoms with Gasteiger partial charge in [0.2, 0.25) is 17.7 Å². The Morgan fingerprint density at radius 3 is 2.57 bits per heavy atom. The van der Waals surface area contributed by atoms with E-state index in [0.29, 0.717) is 32.7 Å². The summed E-state index contributed by atoms with van der Waals surface area (Å²) < 4.78 is 39.2. The molecule has 0 unspecified atom stereocenters. The van der Waals surface area contributed by atoms with Crippen molar-refractivity contribution in [2.75, 3.05) is 5.32 Å². The van der Waals surface area contributed by atoms with Crippen LogP contribution in [0.2, 0.25) is 10.0 Å². The molecule has 0 spiro atoms. The normalized spacial score (nSPS) is 11.7. The van der Waals surface area contributed by atoms with Gasteiger partial charge in [0.25, 0.3) is 0 Å². The molecule has 28 heavy (non-hydrogen) atoms. The Morgan fingerprint density at radius 2 is 1.96 bits per heavy atom. The van der Waals surface area contributed by atoms with E-state index in [2.05, 4.69) is 20.5 Å². The number of alkyl halides is 3. The maximum Gasteiger partial charge on any atom is 0.451 e. The van der Waals surface area contributed by atoms with Gasteiger partial charge < -0.3 is 0 Å². The van der Waals surface area contributed by atoms with Crippen molar-refractivity contribution in [2.45, 2.75) is 26.4 Å². The average Bonchev–Trinajstić information content (AvgIpc) is 3.17. The number of aromatic nitrogens is 5. The van der Waals surface area contributed by atoms with Gasteiger partial charge in [-0.2, -0.15) is 23.3 Å². The Labute approximate surface area is 166 Å². The van der Waals surface area contributed by atoms with Crippen LogP contribution in [-0.4, -0.2) is 30.9 Å². The summed E-state index contributed by atoms with van der Waals surface area (Å²) in [5.74, 6) is -2.32. The lowest BCUT2D eigenvalue weighted by Gasteiger charge is -2.07. The molecule has 12 heteroatoms. The first-order valence-electron chi connectivity index (χ1n) is 7.86. The van der Waals surface area contributed by atoms with Crippen LogP contribution in [0.4, 0.5) is 19.1 Å². The maximum absolute atomic E-state index is 12.5. The third-order valence-electron chi connectivity index (χ3n) is 3.93. The van der Waals surface area contributed by atoms with Gasteiger partial charge in [-0.15, -0.1) is 5.10 Å². The lowest BCUT2D eigenvalue weighted by atomic mass is 10.1. The SMILES string of the molecule is Cc1nn(-c2ccc(Cl)c(Cl)c2)c(C)c1CC(=O)Nc1n[nH]c(C(F)(F)F)n1.